The molecule has 0 aromatic carbocycles. The van der Waals surface area contributed by atoms with Crippen LogP contribution in [0.3, 0.4) is 0 Å². The summed E-state index contributed by atoms with van der Waals surface area (Å²) in [6, 6.07) is 3.67. The summed E-state index contributed by atoms with van der Waals surface area (Å²) in [6.07, 6.45) is -2.11. The summed E-state index contributed by atoms with van der Waals surface area (Å²) < 4.78 is 6.01. The molecule has 7 atom stereocenters. The van der Waals surface area contributed by atoms with Crippen LogP contribution in [0, 0.1) is 0 Å². The van der Waals surface area contributed by atoms with E-state index in [-0.39, 0.29) is 10.5 Å². The summed E-state index contributed by atoms with van der Waals surface area (Å²) in [5, 5.41) is 42.1. The number of aliphatic carboxylic acids is 1. The number of nitrogens with zero attached hydrogens (tertiary/aromatic N) is 2. The Bertz CT molecular complexity index is 718. The topological polar surface area (TPSA) is 149 Å². The summed E-state index contributed by atoms with van der Waals surface area (Å²) in [6.45, 7) is -0.00721. The van der Waals surface area contributed by atoms with Crippen LogP contribution in [0.2, 0.25) is 0 Å². The van der Waals surface area contributed by atoms with Gasteiger partial charge in [0.25, 0.3) is 5.91 Å². The lowest BCUT2D eigenvalue weighted by Gasteiger charge is -2.49. The van der Waals surface area contributed by atoms with E-state index in [0.717, 1.165) is 18.4 Å². The van der Waals surface area contributed by atoms with E-state index in [1.54, 1.807) is 12.4 Å². The lowest BCUT2D eigenvalue weighted by Crippen LogP contribution is -2.69. The van der Waals surface area contributed by atoms with Crippen molar-refractivity contribution in [2.45, 2.75) is 49.5 Å². The Hall–Kier alpha value is -2.11. The SMILES string of the molecule is C[N+]1(C2OC(C(=O)NCC(=O)O)C(O)C(O)C2O)CCCC1c1cccnc1. The van der Waals surface area contributed by atoms with Gasteiger partial charge >= 0.3 is 5.97 Å². The van der Waals surface area contributed by atoms with E-state index in [1.165, 1.54) is 0 Å². The molecule has 1 amide bonds. The monoisotopic (exact) mass is 396 g/mol. The summed E-state index contributed by atoms with van der Waals surface area (Å²) in [4.78, 5) is 27.2. The predicted molar refractivity (Wildman–Crippen MR) is 94.6 cm³/mol. The molecule has 0 radical (unpaired) electrons. The quantitative estimate of drug-likeness (QED) is 0.373. The summed E-state index contributed by atoms with van der Waals surface area (Å²) in [5.74, 6) is -2.10. The first kappa shape index (κ1) is 20.6. The van der Waals surface area contributed by atoms with E-state index in [2.05, 4.69) is 10.3 Å². The smallest absolute Gasteiger partial charge is 0.322 e. The van der Waals surface area contributed by atoms with Gasteiger partial charge in [-0.15, -0.1) is 0 Å². The highest BCUT2D eigenvalue weighted by atomic mass is 16.6. The molecule has 10 nitrogen and oxygen atoms in total. The zero-order chi connectivity index (χ0) is 20.5. The van der Waals surface area contributed by atoms with Gasteiger partial charge in [0, 0.05) is 30.8 Å². The molecule has 0 aliphatic carbocycles. The second-order valence-corrected chi connectivity index (χ2v) is 7.55. The van der Waals surface area contributed by atoms with Crippen LogP contribution < -0.4 is 5.32 Å². The Morgan fingerprint density at radius 3 is 2.68 bits per heavy atom. The van der Waals surface area contributed by atoms with Gasteiger partial charge in [0.2, 0.25) is 6.23 Å². The van der Waals surface area contributed by atoms with Crippen molar-refractivity contribution in [2.75, 3.05) is 20.1 Å². The first-order valence-corrected chi connectivity index (χ1v) is 9.19. The Morgan fingerprint density at radius 1 is 1.29 bits per heavy atom. The molecule has 7 unspecified atom stereocenters. The van der Waals surface area contributed by atoms with Gasteiger partial charge in [-0.05, 0) is 6.07 Å². The molecule has 0 spiro atoms. The number of hydrogen-bond acceptors (Lipinski definition) is 7. The van der Waals surface area contributed by atoms with Crippen LogP contribution in [0.4, 0.5) is 0 Å². The maximum atomic E-state index is 12.3. The number of likely N-dealkylation sites (tertiary alicyclic amines) is 1. The largest absolute Gasteiger partial charge is 0.480 e. The number of hydrogen-bond donors (Lipinski definition) is 5. The van der Waals surface area contributed by atoms with Crippen molar-refractivity contribution in [3.05, 3.63) is 30.1 Å². The highest BCUT2D eigenvalue weighted by Gasteiger charge is 2.57. The Labute approximate surface area is 162 Å². The average molecular weight is 396 g/mol. The third-order valence-corrected chi connectivity index (χ3v) is 5.74. The molecule has 0 bridgehead atoms. The number of carbonyl (C=O) groups excluding carboxylic acids is 1. The average Bonchev–Trinajstić information content (AvgIpc) is 3.07. The molecule has 3 heterocycles. The number of aromatic nitrogens is 1. The van der Waals surface area contributed by atoms with Crippen molar-refractivity contribution in [3.8, 4) is 0 Å². The number of quaternary nitrogens is 1. The van der Waals surface area contributed by atoms with Crippen molar-refractivity contribution in [3.63, 3.8) is 0 Å². The van der Waals surface area contributed by atoms with Gasteiger partial charge in [0.05, 0.1) is 13.6 Å². The van der Waals surface area contributed by atoms with Crippen LogP contribution in [0.25, 0.3) is 0 Å². The zero-order valence-corrected chi connectivity index (χ0v) is 15.5. The highest BCUT2D eigenvalue weighted by Crippen LogP contribution is 2.42. The first-order chi connectivity index (χ1) is 13.3. The fourth-order valence-electron chi connectivity index (χ4n) is 4.29. The number of carbonyl (C=O) groups is 2. The number of carboxylic acid groups (broad SMARTS) is 1. The molecular weight excluding hydrogens is 370 g/mol. The van der Waals surface area contributed by atoms with Crippen LogP contribution in [0.15, 0.2) is 24.5 Å². The molecule has 28 heavy (non-hydrogen) atoms. The van der Waals surface area contributed by atoms with Crippen LogP contribution in [-0.4, -0.2) is 92.6 Å². The lowest BCUT2D eigenvalue weighted by molar-refractivity contribution is -0.977. The zero-order valence-electron chi connectivity index (χ0n) is 15.5. The van der Waals surface area contributed by atoms with E-state index in [9.17, 15) is 24.9 Å². The summed E-state index contributed by atoms with van der Waals surface area (Å²) >= 11 is 0. The molecule has 5 N–H and O–H groups in total. The molecule has 1 aromatic rings. The number of ether oxygens (including phenoxy) is 1. The standard InChI is InChI=1S/C18H25N3O7/c1-21(7-3-5-11(21)10-4-2-6-19-8-10)18-15(26)13(24)14(25)16(28-18)17(27)20-9-12(22)23/h2,4,6,8,11,13-16,18,24-26H,3,5,7,9H2,1H3,(H-,20,22,23,27)/p+1. The summed E-state index contributed by atoms with van der Waals surface area (Å²) in [7, 11) is 1.87. The van der Waals surface area contributed by atoms with Gasteiger partial charge in [-0.2, -0.15) is 0 Å². The van der Waals surface area contributed by atoms with Crippen LogP contribution >= 0.6 is 0 Å². The van der Waals surface area contributed by atoms with Crippen LogP contribution in [-0.2, 0) is 14.3 Å². The molecule has 2 fully saturated rings. The van der Waals surface area contributed by atoms with Gasteiger partial charge in [0.15, 0.2) is 12.2 Å². The van der Waals surface area contributed by atoms with Gasteiger partial charge in [-0.1, -0.05) is 6.07 Å². The van der Waals surface area contributed by atoms with Crippen molar-refractivity contribution in [1.82, 2.24) is 10.3 Å². The number of carboxylic acids is 1. The van der Waals surface area contributed by atoms with Gasteiger partial charge in [0.1, 0.15) is 24.8 Å². The van der Waals surface area contributed by atoms with Crippen molar-refractivity contribution >= 4 is 11.9 Å². The number of nitrogens with one attached hydrogen (secondary N) is 1. The van der Waals surface area contributed by atoms with Crippen molar-refractivity contribution in [2.24, 2.45) is 0 Å². The van der Waals surface area contributed by atoms with E-state index < -0.39 is 49.1 Å². The number of likely N-dealkylation sites (N-methyl/N-ethyl adjacent to an activating group) is 1. The maximum Gasteiger partial charge on any atom is 0.322 e. The number of amides is 1. The molecule has 3 rings (SSSR count). The fourth-order valence-corrected chi connectivity index (χ4v) is 4.29. The predicted octanol–water partition coefficient (Wildman–Crippen LogP) is -1.63. The number of aliphatic hydroxyl groups is 3. The maximum absolute atomic E-state index is 12.3. The molecule has 2 aliphatic rings. The van der Waals surface area contributed by atoms with Crippen molar-refractivity contribution < 1.29 is 39.2 Å². The molecule has 2 saturated heterocycles. The van der Waals surface area contributed by atoms with E-state index in [4.69, 9.17) is 9.84 Å². The fraction of sp³-hybridized carbons (Fsp3) is 0.611. The van der Waals surface area contributed by atoms with E-state index >= 15 is 0 Å². The molecule has 154 valence electrons. The van der Waals surface area contributed by atoms with Crippen molar-refractivity contribution in [1.29, 1.82) is 0 Å². The second-order valence-electron chi connectivity index (χ2n) is 7.55. The Balaban J connectivity index is 1.86. The van der Waals surface area contributed by atoms with Gasteiger partial charge in [-0.3, -0.25) is 19.1 Å². The summed E-state index contributed by atoms with van der Waals surface area (Å²) in [5.41, 5.74) is 0.950. The Kier molecular flexibility index (Phi) is 5.96. The second kappa shape index (κ2) is 8.10. The molecule has 10 heteroatoms. The third kappa shape index (κ3) is 3.74. The lowest BCUT2D eigenvalue weighted by atomic mass is 9.94. The molecule has 0 saturated carbocycles. The number of pyridine rings is 1. The van der Waals surface area contributed by atoms with Gasteiger partial charge < -0.3 is 30.5 Å². The number of aliphatic hydroxyl groups excluding tert-OH is 3. The minimum Gasteiger partial charge on any atom is -0.480 e. The van der Waals surface area contributed by atoms with E-state index in [1.807, 2.05) is 19.2 Å². The number of rotatable bonds is 5. The first-order valence-electron chi connectivity index (χ1n) is 9.19. The van der Waals surface area contributed by atoms with Crippen LogP contribution in [0.5, 0.6) is 0 Å². The highest BCUT2D eigenvalue weighted by molar-refractivity contribution is 5.85. The molecule has 1 aromatic heterocycles. The normalized spacial score (nSPS) is 38.1. The molecular formula is C18H26N3O7+. The minimum absolute atomic E-state index is 0.0708. The van der Waals surface area contributed by atoms with Gasteiger partial charge in [-0.25, -0.2) is 0 Å². The molecule has 2 aliphatic heterocycles. The third-order valence-electron chi connectivity index (χ3n) is 5.74. The van der Waals surface area contributed by atoms with E-state index in [0.29, 0.717) is 6.54 Å². The van der Waals surface area contributed by atoms with Crippen LogP contribution in [0.1, 0.15) is 24.4 Å². The Morgan fingerprint density at radius 2 is 2.04 bits per heavy atom. The minimum atomic E-state index is -1.67.